The van der Waals surface area contributed by atoms with Crippen molar-refractivity contribution in [3.63, 3.8) is 0 Å². The van der Waals surface area contributed by atoms with Gasteiger partial charge in [-0.05, 0) is 0 Å². The Morgan fingerprint density at radius 2 is 0.500 bits per heavy atom. The first kappa shape index (κ1) is 18.7. The van der Waals surface area contributed by atoms with Crippen molar-refractivity contribution in [2.24, 2.45) is 0 Å². The van der Waals surface area contributed by atoms with Gasteiger partial charge in [-0.1, -0.05) is 0 Å². The van der Waals surface area contributed by atoms with Crippen LogP contribution < -0.4 is 0 Å². The van der Waals surface area contributed by atoms with Crippen molar-refractivity contribution in [1.82, 2.24) is 0 Å². The first-order chi connectivity index (χ1) is 5.46. The van der Waals surface area contributed by atoms with E-state index >= 15 is 0 Å². The van der Waals surface area contributed by atoms with Crippen LogP contribution in [0.1, 0.15) is 0 Å². The van der Waals surface area contributed by atoms with Gasteiger partial charge >= 0.3 is 52.6 Å². The molecular formula is H2O16SZr. The van der Waals surface area contributed by atoms with Gasteiger partial charge in [0.05, 0.1) is 0 Å². The molecule has 0 unspecified atom stereocenters. The van der Waals surface area contributed by atoms with Crippen LogP contribution in [0.25, 0.3) is 0 Å². The van der Waals surface area contributed by atoms with E-state index in [2.05, 4.69) is 0 Å². The third-order valence-electron chi connectivity index (χ3n) is 0. The fourth-order valence-corrected chi connectivity index (χ4v) is 0. The molecule has 0 aliphatic rings. The summed E-state index contributed by atoms with van der Waals surface area (Å²) in [6, 6.07) is 0. The summed E-state index contributed by atoms with van der Waals surface area (Å²) in [5.41, 5.74) is 0. The molecule has 0 fully saturated rings. The Balaban J connectivity index is 0. The number of hydrogen-bond donors (Lipinski definition) is 2. The molecule has 2 N–H and O–H groups in total. The normalized spacial score (nSPS) is 12.6. The van der Waals surface area contributed by atoms with E-state index in [4.69, 9.17) is 51.3 Å². The molecule has 0 heterocycles. The summed E-state index contributed by atoms with van der Waals surface area (Å²) in [5.74, 6) is 0. The van der Waals surface area contributed by atoms with Gasteiger partial charge in [0.15, 0.2) is 0 Å². The molecule has 18 heteroatoms. The quantitative estimate of drug-likeness (QED) is 0.425. The number of rotatable bonds is 0. The monoisotopic (exact) mass is 380 g/mol. The Bertz CT molecular complexity index is 2570. The summed E-state index contributed by atoms with van der Waals surface area (Å²) in [6.07, 6.45) is 0. The van der Waals surface area contributed by atoms with Gasteiger partial charge in [0, 0.05) is 0 Å². The second-order valence-electron chi connectivity index (χ2n) is 5.95. The SMILES string of the molecule is O=S(=O)(O)O.[O]=[Zr](=[O])(=[O])(=[O])(=[O])(=[O])(=[O])(=[O])(=[O])(=[O])(=[O])=[O]. The molecule has 108 valence electrons. The molecule has 0 saturated heterocycles. The van der Waals surface area contributed by atoms with E-state index < -0.39 is 18.8 Å². The molecule has 0 atom stereocenters. The standard InChI is InChI=1S/H2O4S.12O.Zr/c1-5(2,3)4;;;;;;;;;;;;;/h(H2,1,2,3,4);;;;;;;;;;;;;. The predicted molar refractivity (Wildman–Crippen MR) is 22.4 cm³/mol. The van der Waals surface area contributed by atoms with Crippen LogP contribution in [0.4, 0.5) is 0 Å². The average Bonchev–Trinajstić information content (AvgIpc) is 0.913. The third-order valence-corrected chi connectivity index (χ3v) is 0. The predicted octanol–water partition coefficient (Wildman–Crippen LogP) is -2.08. The zero-order valence-electron chi connectivity index (χ0n) is 7.52. The first-order valence-electron chi connectivity index (χ1n) is 3.15. The van der Waals surface area contributed by atoms with E-state index in [1.54, 1.807) is 0 Å². The van der Waals surface area contributed by atoms with Crippen LogP contribution in [0.15, 0.2) is 0 Å². The van der Waals surface area contributed by atoms with Gasteiger partial charge < -0.3 is 0 Å². The van der Waals surface area contributed by atoms with E-state index in [9.17, 15) is 0 Å². The summed E-state index contributed by atoms with van der Waals surface area (Å²) in [5, 5.41) is 0. The molecule has 18 heavy (non-hydrogen) atoms. The Morgan fingerprint density at radius 3 is 0.500 bits per heavy atom. The van der Waals surface area contributed by atoms with Gasteiger partial charge in [0.2, 0.25) is 0 Å². The molecule has 0 spiro atoms. The first-order valence-corrected chi connectivity index (χ1v) is 16.6. The molecule has 0 amide bonds. The van der Waals surface area contributed by atoms with Crippen LogP contribution in [0.5, 0.6) is 0 Å². The van der Waals surface area contributed by atoms with Crippen LogP contribution >= 0.6 is 0 Å². The fourth-order valence-electron chi connectivity index (χ4n) is 0. The second-order valence-corrected chi connectivity index (χ2v) is 33.9. The summed E-state index contributed by atoms with van der Waals surface area (Å²) in [4.78, 5) is 0. The molecule has 0 bridgehead atoms. The summed E-state index contributed by atoms with van der Waals surface area (Å²) >= 11 is 0. The van der Waals surface area contributed by atoms with Gasteiger partial charge in [0.25, 0.3) is 0 Å². The van der Waals surface area contributed by atoms with Gasteiger partial charge in [0.1, 0.15) is 0 Å². The second kappa shape index (κ2) is 0.639. The van der Waals surface area contributed by atoms with E-state index in [1.165, 1.54) is 0 Å². The van der Waals surface area contributed by atoms with Crippen LogP contribution in [0, 0.1) is 0 Å². The van der Waals surface area contributed by atoms with Crippen LogP contribution in [0.3, 0.4) is 0 Å². The average molecular weight is 381 g/mol. The zero-order valence-corrected chi connectivity index (χ0v) is 10.8. The van der Waals surface area contributed by atoms with Crippen molar-refractivity contribution in [2.45, 2.75) is 0 Å². The van der Waals surface area contributed by atoms with Crippen molar-refractivity contribution < 1.29 is 59.7 Å². The number of hydrogen-bond acceptors (Lipinski definition) is 14. The van der Waals surface area contributed by atoms with Gasteiger partial charge in [-0.25, -0.2) is 0 Å². The molecule has 0 rings (SSSR count). The van der Waals surface area contributed by atoms with E-state index in [1.807, 2.05) is 0 Å². The molecule has 0 saturated carbocycles. The molecule has 0 aromatic carbocycles. The van der Waals surface area contributed by atoms with Crippen LogP contribution in [-0.4, -0.2) is 17.5 Å². The third kappa shape index (κ3) is 944. The van der Waals surface area contributed by atoms with Crippen molar-refractivity contribution in [3.8, 4) is 0 Å². The van der Waals surface area contributed by atoms with Crippen molar-refractivity contribution >= 4 is 10.4 Å². The summed E-state index contributed by atoms with van der Waals surface area (Å²) in [7, 11) is -25.1. The fraction of sp³-hybridized carbons (Fsp3) is 0. The zero-order chi connectivity index (χ0) is 16.8. The molecule has 0 aliphatic carbocycles. The van der Waals surface area contributed by atoms with Crippen LogP contribution in [-0.2, 0) is 52.6 Å². The van der Waals surface area contributed by atoms with E-state index in [0.29, 0.717) is 0 Å². The maximum atomic E-state index is 8.74. The Morgan fingerprint density at radius 1 is 0.500 bits per heavy atom. The maximum absolute atomic E-state index is 20.5. The van der Waals surface area contributed by atoms with Crippen molar-refractivity contribution in [1.29, 1.82) is 0 Å². The molecule has 0 aromatic heterocycles. The van der Waals surface area contributed by atoms with Crippen molar-refractivity contribution in [2.75, 3.05) is 0 Å². The van der Waals surface area contributed by atoms with Gasteiger partial charge in [-0.15, -0.1) is 0 Å². The topological polar surface area (TPSA) is 279 Å². The molecular weight excluding hydrogens is 379 g/mol. The van der Waals surface area contributed by atoms with E-state index in [-0.39, 0.29) is 0 Å². The van der Waals surface area contributed by atoms with Crippen molar-refractivity contribution in [3.05, 3.63) is 0 Å². The minimum atomic E-state index is -20.5. The summed E-state index contributed by atoms with van der Waals surface area (Å²) in [6.45, 7) is 0. The molecule has 16 nitrogen and oxygen atoms in total. The van der Waals surface area contributed by atoms with Gasteiger partial charge in [-0.2, -0.15) is 8.42 Å². The molecule has 0 aromatic rings. The van der Waals surface area contributed by atoms with Crippen LogP contribution in [0.2, 0.25) is 0 Å². The van der Waals surface area contributed by atoms with E-state index in [0.717, 1.165) is 0 Å². The Labute approximate surface area is 70.3 Å². The Hall–Kier alpha value is -1.65. The molecule has 0 aliphatic heterocycles. The molecule has 0 radical (unpaired) electrons. The minimum absolute atomic E-state index is 4.67. The summed E-state index contributed by atoms with van der Waals surface area (Å²) < 4.78 is 136. The van der Waals surface area contributed by atoms with Gasteiger partial charge in [-0.3, -0.25) is 9.11 Å². The Kier molecular flexibility index (Phi) is 0.664.